The maximum absolute atomic E-state index is 5.84. The largest absolute Gasteiger partial charge is 0.493 e. The molecule has 0 unspecified atom stereocenters. The third-order valence-electron chi connectivity index (χ3n) is 2.73. The number of nitrogens with two attached hydrogens (primary N) is 1. The molecule has 0 bridgehead atoms. The number of hydrogen-bond donors (Lipinski definition) is 1. The van der Waals surface area contributed by atoms with Gasteiger partial charge in [0, 0.05) is 17.0 Å². The van der Waals surface area contributed by atoms with Crippen LogP contribution in [0.5, 0.6) is 5.75 Å². The monoisotopic (exact) mass is 211 g/mol. The van der Waals surface area contributed by atoms with E-state index in [1.54, 1.807) is 0 Å². The summed E-state index contributed by atoms with van der Waals surface area (Å²) >= 11 is 5.84. The fourth-order valence-corrected chi connectivity index (χ4v) is 1.56. The summed E-state index contributed by atoms with van der Waals surface area (Å²) in [6, 6.07) is 7.47. The van der Waals surface area contributed by atoms with Gasteiger partial charge in [-0.15, -0.1) is 0 Å². The van der Waals surface area contributed by atoms with E-state index in [1.165, 1.54) is 12.8 Å². The van der Waals surface area contributed by atoms with E-state index in [2.05, 4.69) is 0 Å². The fourth-order valence-electron chi connectivity index (χ4n) is 1.38. The van der Waals surface area contributed by atoms with Gasteiger partial charge < -0.3 is 10.5 Å². The molecule has 0 amide bonds. The predicted molar refractivity (Wildman–Crippen MR) is 57.7 cm³/mol. The van der Waals surface area contributed by atoms with Crippen molar-refractivity contribution in [1.29, 1.82) is 0 Å². The molecule has 2 N–H and O–H groups in total. The van der Waals surface area contributed by atoms with E-state index in [9.17, 15) is 0 Å². The molecule has 1 aromatic carbocycles. The molecule has 76 valence electrons. The highest BCUT2D eigenvalue weighted by atomic mass is 35.5. The second-order valence-corrected chi connectivity index (χ2v) is 4.39. The Morgan fingerprint density at radius 3 is 2.79 bits per heavy atom. The Balaban J connectivity index is 1.92. The van der Waals surface area contributed by atoms with Crippen LogP contribution in [-0.2, 0) is 0 Å². The van der Waals surface area contributed by atoms with Crippen molar-refractivity contribution in [3.8, 4) is 5.75 Å². The summed E-state index contributed by atoms with van der Waals surface area (Å²) < 4.78 is 5.64. The zero-order chi connectivity index (χ0) is 10.0. The molecule has 0 saturated heterocycles. The fraction of sp³-hybridized carbons (Fsp3) is 0.455. The Hall–Kier alpha value is -0.730. The SMILES string of the molecule is NCC1(COc2cccc(Cl)c2)CC1. The molecule has 1 aliphatic carbocycles. The molecule has 2 rings (SSSR count). The second kappa shape index (κ2) is 3.79. The number of benzene rings is 1. The van der Waals surface area contributed by atoms with E-state index < -0.39 is 0 Å². The third-order valence-corrected chi connectivity index (χ3v) is 2.97. The van der Waals surface area contributed by atoms with E-state index in [0.29, 0.717) is 18.2 Å². The molecule has 3 heteroatoms. The van der Waals surface area contributed by atoms with Crippen molar-refractivity contribution < 1.29 is 4.74 Å². The smallest absolute Gasteiger partial charge is 0.120 e. The van der Waals surface area contributed by atoms with Crippen molar-refractivity contribution in [1.82, 2.24) is 0 Å². The maximum atomic E-state index is 5.84. The number of rotatable bonds is 4. The minimum absolute atomic E-state index is 0.252. The average molecular weight is 212 g/mol. The number of ether oxygens (including phenoxy) is 1. The van der Waals surface area contributed by atoms with Crippen molar-refractivity contribution in [3.63, 3.8) is 0 Å². The Morgan fingerprint density at radius 2 is 2.21 bits per heavy atom. The van der Waals surface area contributed by atoms with Crippen molar-refractivity contribution in [3.05, 3.63) is 29.3 Å². The van der Waals surface area contributed by atoms with Crippen LogP contribution in [0.3, 0.4) is 0 Å². The lowest BCUT2D eigenvalue weighted by molar-refractivity contribution is 0.239. The first-order chi connectivity index (χ1) is 6.74. The number of hydrogen-bond acceptors (Lipinski definition) is 2. The summed E-state index contributed by atoms with van der Waals surface area (Å²) in [6.45, 7) is 1.43. The normalized spacial score (nSPS) is 17.9. The van der Waals surface area contributed by atoms with Gasteiger partial charge in [-0.3, -0.25) is 0 Å². The van der Waals surface area contributed by atoms with Gasteiger partial charge in [-0.2, -0.15) is 0 Å². The van der Waals surface area contributed by atoms with Crippen LogP contribution < -0.4 is 10.5 Å². The highest BCUT2D eigenvalue weighted by molar-refractivity contribution is 6.30. The lowest BCUT2D eigenvalue weighted by Crippen LogP contribution is -2.22. The van der Waals surface area contributed by atoms with E-state index in [-0.39, 0.29) is 5.41 Å². The highest BCUT2D eigenvalue weighted by Gasteiger charge is 2.42. The molecule has 0 aliphatic heterocycles. The van der Waals surface area contributed by atoms with Crippen LogP contribution in [0.15, 0.2) is 24.3 Å². The first-order valence-corrected chi connectivity index (χ1v) is 5.20. The number of halogens is 1. The maximum Gasteiger partial charge on any atom is 0.120 e. The standard InChI is InChI=1S/C11H14ClNO/c12-9-2-1-3-10(6-9)14-8-11(7-13)4-5-11/h1-3,6H,4-5,7-8,13H2. The van der Waals surface area contributed by atoms with Gasteiger partial charge in [0.15, 0.2) is 0 Å². The van der Waals surface area contributed by atoms with E-state index in [4.69, 9.17) is 22.1 Å². The first-order valence-electron chi connectivity index (χ1n) is 4.83. The van der Waals surface area contributed by atoms with Gasteiger partial charge in [-0.05, 0) is 31.0 Å². The summed E-state index contributed by atoms with van der Waals surface area (Å²) in [4.78, 5) is 0. The zero-order valence-electron chi connectivity index (χ0n) is 8.00. The predicted octanol–water partition coefficient (Wildman–Crippen LogP) is 2.46. The topological polar surface area (TPSA) is 35.2 Å². The van der Waals surface area contributed by atoms with Gasteiger partial charge in [-0.1, -0.05) is 17.7 Å². The Bertz CT molecular complexity index is 323. The van der Waals surface area contributed by atoms with Gasteiger partial charge in [0.05, 0.1) is 6.61 Å². The lowest BCUT2D eigenvalue weighted by Gasteiger charge is -2.13. The Kier molecular flexibility index (Phi) is 2.66. The van der Waals surface area contributed by atoms with Gasteiger partial charge in [0.2, 0.25) is 0 Å². The summed E-state index contributed by atoms with van der Waals surface area (Å²) in [5.74, 6) is 0.831. The molecule has 14 heavy (non-hydrogen) atoms. The van der Waals surface area contributed by atoms with Gasteiger partial charge in [0.25, 0.3) is 0 Å². The quantitative estimate of drug-likeness (QED) is 0.831. The average Bonchev–Trinajstić information content (AvgIpc) is 2.96. The minimum Gasteiger partial charge on any atom is -0.493 e. The molecule has 1 aliphatic rings. The van der Waals surface area contributed by atoms with E-state index in [0.717, 1.165) is 5.75 Å². The molecule has 2 nitrogen and oxygen atoms in total. The molecular weight excluding hydrogens is 198 g/mol. The van der Waals surface area contributed by atoms with Crippen LogP contribution in [0.1, 0.15) is 12.8 Å². The molecule has 1 fully saturated rings. The van der Waals surface area contributed by atoms with Crippen molar-refractivity contribution >= 4 is 11.6 Å². The van der Waals surface area contributed by atoms with Crippen LogP contribution in [-0.4, -0.2) is 13.2 Å². The van der Waals surface area contributed by atoms with Crippen LogP contribution in [0.25, 0.3) is 0 Å². The van der Waals surface area contributed by atoms with Gasteiger partial charge in [-0.25, -0.2) is 0 Å². The second-order valence-electron chi connectivity index (χ2n) is 3.95. The Morgan fingerprint density at radius 1 is 1.43 bits per heavy atom. The van der Waals surface area contributed by atoms with E-state index in [1.807, 2.05) is 24.3 Å². The molecule has 0 spiro atoms. The third kappa shape index (κ3) is 2.20. The van der Waals surface area contributed by atoms with Crippen molar-refractivity contribution in [2.24, 2.45) is 11.1 Å². The lowest BCUT2D eigenvalue weighted by atomic mass is 10.1. The van der Waals surface area contributed by atoms with Crippen LogP contribution in [0.4, 0.5) is 0 Å². The van der Waals surface area contributed by atoms with Gasteiger partial charge in [0.1, 0.15) is 5.75 Å². The van der Waals surface area contributed by atoms with Crippen LogP contribution in [0, 0.1) is 5.41 Å². The molecule has 0 aromatic heterocycles. The molecule has 1 saturated carbocycles. The van der Waals surface area contributed by atoms with Crippen LogP contribution in [0.2, 0.25) is 5.02 Å². The molecular formula is C11H14ClNO. The molecule has 0 heterocycles. The van der Waals surface area contributed by atoms with Crippen molar-refractivity contribution in [2.45, 2.75) is 12.8 Å². The summed E-state index contributed by atoms with van der Waals surface area (Å²) in [6.07, 6.45) is 2.37. The molecule has 1 aromatic rings. The van der Waals surface area contributed by atoms with E-state index >= 15 is 0 Å². The first kappa shape index (κ1) is 9.81. The van der Waals surface area contributed by atoms with Crippen molar-refractivity contribution in [2.75, 3.05) is 13.2 Å². The summed E-state index contributed by atoms with van der Waals surface area (Å²) in [5.41, 5.74) is 5.91. The molecule has 0 atom stereocenters. The minimum atomic E-state index is 0.252. The summed E-state index contributed by atoms with van der Waals surface area (Å²) in [5, 5.41) is 0.708. The van der Waals surface area contributed by atoms with Crippen LogP contribution >= 0.6 is 11.6 Å². The zero-order valence-corrected chi connectivity index (χ0v) is 8.76. The Labute approximate surface area is 89.0 Å². The highest BCUT2D eigenvalue weighted by Crippen LogP contribution is 2.44. The summed E-state index contributed by atoms with van der Waals surface area (Å²) in [7, 11) is 0. The molecule has 0 radical (unpaired) electrons. The van der Waals surface area contributed by atoms with Gasteiger partial charge >= 0.3 is 0 Å².